The summed E-state index contributed by atoms with van der Waals surface area (Å²) in [6, 6.07) is 5.51. The highest BCUT2D eigenvalue weighted by atomic mass is 16.4. The monoisotopic (exact) mass is 207 g/mol. The fraction of sp³-hybridized carbons (Fsp3) is 0.273. The van der Waals surface area contributed by atoms with Gasteiger partial charge in [-0.05, 0) is 25.5 Å². The predicted molar refractivity (Wildman–Crippen MR) is 57.0 cm³/mol. The Morgan fingerprint density at radius 3 is 2.60 bits per heavy atom. The Balaban J connectivity index is 3.01. The topological polar surface area (TPSA) is 57.6 Å². The summed E-state index contributed by atoms with van der Waals surface area (Å²) in [5, 5.41) is 8.62. The molecular weight excluding hydrogens is 194 g/mol. The second kappa shape index (κ2) is 4.59. The molecule has 80 valence electrons. The van der Waals surface area contributed by atoms with Gasteiger partial charge in [0.05, 0.1) is 0 Å². The molecule has 0 unspecified atom stereocenters. The second-order valence-electron chi connectivity index (χ2n) is 3.42. The number of amides is 1. The van der Waals surface area contributed by atoms with Crippen LogP contribution < -0.4 is 4.90 Å². The van der Waals surface area contributed by atoms with Crippen molar-refractivity contribution in [3.8, 4) is 0 Å². The number of carboxylic acids is 1. The highest BCUT2D eigenvalue weighted by Crippen LogP contribution is 2.19. The van der Waals surface area contributed by atoms with E-state index in [0.717, 1.165) is 11.1 Å². The molecule has 0 radical (unpaired) electrons. The minimum absolute atomic E-state index is 0.312. The van der Waals surface area contributed by atoms with Crippen LogP contribution in [0.2, 0.25) is 0 Å². The van der Waals surface area contributed by atoms with Crippen LogP contribution in [-0.2, 0) is 9.59 Å². The maximum Gasteiger partial charge on any atom is 0.323 e. The van der Waals surface area contributed by atoms with Crippen LogP contribution in [0.15, 0.2) is 18.2 Å². The van der Waals surface area contributed by atoms with Crippen LogP contribution in [0, 0.1) is 13.8 Å². The molecular formula is C11H13NO3. The fourth-order valence-corrected chi connectivity index (χ4v) is 1.45. The van der Waals surface area contributed by atoms with Gasteiger partial charge in [0.15, 0.2) is 0 Å². The average molecular weight is 207 g/mol. The van der Waals surface area contributed by atoms with Crippen LogP contribution in [0.25, 0.3) is 0 Å². The zero-order valence-electron chi connectivity index (χ0n) is 8.73. The van der Waals surface area contributed by atoms with Gasteiger partial charge in [0.25, 0.3) is 0 Å². The summed E-state index contributed by atoms with van der Waals surface area (Å²) in [5.74, 6) is -1.03. The van der Waals surface area contributed by atoms with E-state index in [1.807, 2.05) is 26.0 Å². The molecule has 0 bridgehead atoms. The zero-order valence-corrected chi connectivity index (χ0v) is 8.73. The van der Waals surface area contributed by atoms with Crippen LogP contribution >= 0.6 is 0 Å². The second-order valence-corrected chi connectivity index (χ2v) is 3.42. The number of nitrogens with zero attached hydrogens (tertiary/aromatic N) is 1. The molecule has 0 atom stereocenters. The maximum absolute atomic E-state index is 10.7. The Bertz CT molecular complexity index is 387. The van der Waals surface area contributed by atoms with E-state index in [1.54, 1.807) is 6.07 Å². The molecule has 0 saturated carbocycles. The molecule has 0 spiro atoms. The normalized spacial score (nSPS) is 9.73. The van der Waals surface area contributed by atoms with E-state index in [2.05, 4.69) is 0 Å². The van der Waals surface area contributed by atoms with Gasteiger partial charge in [-0.1, -0.05) is 17.7 Å². The molecule has 1 amide bonds. The lowest BCUT2D eigenvalue weighted by molar-refractivity contribution is -0.136. The molecule has 4 heteroatoms. The molecule has 1 aromatic rings. The lowest BCUT2D eigenvalue weighted by Crippen LogP contribution is -2.28. The SMILES string of the molecule is Cc1ccc(N(C=O)CC(=O)O)c(C)c1. The standard InChI is InChI=1S/C11H13NO3/c1-8-3-4-10(9(2)5-8)12(7-13)6-11(14)15/h3-5,7H,6H2,1-2H3,(H,14,15). The fourth-order valence-electron chi connectivity index (χ4n) is 1.45. The largest absolute Gasteiger partial charge is 0.480 e. The van der Waals surface area contributed by atoms with Gasteiger partial charge in [-0.15, -0.1) is 0 Å². The molecule has 1 aromatic carbocycles. The van der Waals surface area contributed by atoms with E-state index >= 15 is 0 Å². The summed E-state index contributed by atoms with van der Waals surface area (Å²) in [6.45, 7) is 3.48. The van der Waals surface area contributed by atoms with Crippen molar-refractivity contribution >= 4 is 18.1 Å². The van der Waals surface area contributed by atoms with Gasteiger partial charge in [-0.25, -0.2) is 0 Å². The van der Waals surface area contributed by atoms with Crippen LogP contribution in [0.3, 0.4) is 0 Å². The van der Waals surface area contributed by atoms with Crippen molar-refractivity contribution < 1.29 is 14.7 Å². The van der Waals surface area contributed by atoms with E-state index in [9.17, 15) is 9.59 Å². The summed E-state index contributed by atoms with van der Waals surface area (Å²) in [7, 11) is 0. The van der Waals surface area contributed by atoms with E-state index in [1.165, 1.54) is 4.90 Å². The van der Waals surface area contributed by atoms with Crippen molar-refractivity contribution in [1.29, 1.82) is 0 Å². The van der Waals surface area contributed by atoms with Crippen molar-refractivity contribution in [3.63, 3.8) is 0 Å². The molecule has 0 aliphatic heterocycles. The smallest absolute Gasteiger partial charge is 0.323 e. The Hall–Kier alpha value is -1.84. The molecule has 15 heavy (non-hydrogen) atoms. The minimum atomic E-state index is -1.03. The van der Waals surface area contributed by atoms with Crippen LogP contribution in [0.5, 0.6) is 0 Å². The average Bonchev–Trinajstić information content (AvgIpc) is 2.14. The number of carbonyl (C=O) groups excluding carboxylic acids is 1. The molecule has 4 nitrogen and oxygen atoms in total. The van der Waals surface area contributed by atoms with Gasteiger partial charge in [-0.3, -0.25) is 9.59 Å². The van der Waals surface area contributed by atoms with E-state index in [4.69, 9.17) is 5.11 Å². The molecule has 0 aliphatic rings. The number of carbonyl (C=O) groups is 2. The first-order valence-corrected chi connectivity index (χ1v) is 4.55. The first-order chi connectivity index (χ1) is 7.04. The Morgan fingerprint density at radius 2 is 2.13 bits per heavy atom. The maximum atomic E-state index is 10.7. The highest BCUT2D eigenvalue weighted by Gasteiger charge is 2.11. The summed E-state index contributed by atoms with van der Waals surface area (Å²) in [6.07, 6.45) is 0.534. The summed E-state index contributed by atoms with van der Waals surface area (Å²) in [5.41, 5.74) is 2.61. The van der Waals surface area contributed by atoms with Gasteiger partial charge in [0.1, 0.15) is 6.54 Å². The van der Waals surface area contributed by atoms with Gasteiger partial charge in [0, 0.05) is 5.69 Å². The van der Waals surface area contributed by atoms with Gasteiger partial charge < -0.3 is 10.0 Å². The van der Waals surface area contributed by atoms with Crippen LogP contribution in [0.1, 0.15) is 11.1 Å². The number of benzene rings is 1. The third-order valence-electron chi connectivity index (χ3n) is 2.09. The molecule has 0 aliphatic carbocycles. The van der Waals surface area contributed by atoms with Crippen molar-refractivity contribution in [2.24, 2.45) is 0 Å². The summed E-state index contributed by atoms with van der Waals surface area (Å²) >= 11 is 0. The Morgan fingerprint density at radius 1 is 1.47 bits per heavy atom. The first kappa shape index (κ1) is 11.2. The van der Waals surface area contributed by atoms with Crippen molar-refractivity contribution in [2.75, 3.05) is 11.4 Å². The number of rotatable bonds is 4. The van der Waals surface area contributed by atoms with Crippen molar-refractivity contribution in [2.45, 2.75) is 13.8 Å². The number of anilines is 1. The van der Waals surface area contributed by atoms with E-state index < -0.39 is 5.97 Å². The number of aryl methyl sites for hydroxylation is 2. The van der Waals surface area contributed by atoms with Gasteiger partial charge in [-0.2, -0.15) is 0 Å². The molecule has 0 saturated heterocycles. The summed E-state index contributed by atoms with van der Waals surface area (Å²) < 4.78 is 0. The lowest BCUT2D eigenvalue weighted by Gasteiger charge is -2.17. The third kappa shape index (κ3) is 2.80. The number of aliphatic carboxylic acids is 1. The predicted octanol–water partition coefficient (Wildman–Crippen LogP) is 1.35. The molecule has 0 fully saturated rings. The van der Waals surface area contributed by atoms with Crippen LogP contribution in [-0.4, -0.2) is 24.0 Å². The third-order valence-corrected chi connectivity index (χ3v) is 2.09. The molecule has 0 aromatic heterocycles. The van der Waals surface area contributed by atoms with Gasteiger partial charge in [0.2, 0.25) is 6.41 Å². The van der Waals surface area contributed by atoms with Crippen LogP contribution in [0.4, 0.5) is 5.69 Å². The lowest BCUT2D eigenvalue weighted by atomic mass is 10.1. The minimum Gasteiger partial charge on any atom is -0.480 e. The van der Waals surface area contributed by atoms with Crippen molar-refractivity contribution in [3.05, 3.63) is 29.3 Å². The van der Waals surface area contributed by atoms with Crippen molar-refractivity contribution in [1.82, 2.24) is 0 Å². The summed E-state index contributed by atoms with van der Waals surface area (Å²) in [4.78, 5) is 22.4. The Labute approximate surface area is 88.1 Å². The first-order valence-electron chi connectivity index (χ1n) is 4.55. The Kier molecular flexibility index (Phi) is 3.44. The van der Waals surface area contributed by atoms with Gasteiger partial charge >= 0.3 is 5.97 Å². The highest BCUT2D eigenvalue weighted by molar-refractivity contribution is 5.85. The molecule has 0 heterocycles. The van der Waals surface area contributed by atoms with E-state index in [0.29, 0.717) is 12.1 Å². The van der Waals surface area contributed by atoms with E-state index in [-0.39, 0.29) is 6.54 Å². The molecule has 1 rings (SSSR count). The zero-order chi connectivity index (χ0) is 11.4. The number of hydrogen-bond donors (Lipinski definition) is 1. The number of carboxylic acid groups (broad SMARTS) is 1. The number of hydrogen-bond acceptors (Lipinski definition) is 2. The quantitative estimate of drug-likeness (QED) is 0.758. The molecule has 1 N–H and O–H groups in total.